The number of nitrogens with two attached hydrogens (primary N) is 1. The quantitative estimate of drug-likeness (QED) is 0.928. The Morgan fingerprint density at radius 2 is 1.40 bits per heavy atom. The summed E-state index contributed by atoms with van der Waals surface area (Å²) >= 11 is 0. The van der Waals surface area contributed by atoms with E-state index in [0.717, 1.165) is 24.2 Å². The summed E-state index contributed by atoms with van der Waals surface area (Å²) in [6.45, 7) is 0. The van der Waals surface area contributed by atoms with E-state index in [9.17, 15) is 0 Å². The number of hydrogen-bond donors (Lipinski definition) is 1. The minimum absolute atomic E-state index is 0.418. The third-order valence-electron chi connectivity index (χ3n) is 4.43. The van der Waals surface area contributed by atoms with E-state index in [1.165, 1.54) is 19.3 Å². The second-order valence-electron chi connectivity index (χ2n) is 5.63. The lowest BCUT2D eigenvalue weighted by Crippen LogP contribution is -2.47. The highest BCUT2D eigenvalue weighted by Gasteiger charge is 2.41. The largest absolute Gasteiger partial charge is 0.315 e. The zero-order valence-electron chi connectivity index (χ0n) is 11.7. The van der Waals surface area contributed by atoms with Crippen molar-refractivity contribution in [3.63, 3.8) is 0 Å². The third-order valence-corrected chi connectivity index (χ3v) is 4.43. The van der Waals surface area contributed by atoms with Gasteiger partial charge in [-0.15, -0.1) is 0 Å². The lowest BCUT2D eigenvalue weighted by molar-refractivity contribution is 0.234. The number of rotatable bonds is 3. The summed E-state index contributed by atoms with van der Waals surface area (Å²) in [5.41, 5.74) is 8.20. The molecular weight excluding hydrogens is 246 g/mol. The molecule has 1 saturated carbocycles. The van der Waals surface area contributed by atoms with Crippen LogP contribution in [0.4, 0.5) is 0 Å². The van der Waals surface area contributed by atoms with Gasteiger partial charge in [0, 0.05) is 12.4 Å². The summed E-state index contributed by atoms with van der Waals surface area (Å²) in [5.74, 6) is 0.418. The molecule has 104 valence electrons. The highest BCUT2D eigenvalue weighted by Crippen LogP contribution is 2.40. The van der Waals surface area contributed by atoms with E-state index in [2.05, 4.69) is 9.97 Å². The maximum atomic E-state index is 6.89. The van der Waals surface area contributed by atoms with Crippen LogP contribution in [0.25, 0.3) is 0 Å². The Morgan fingerprint density at radius 1 is 0.850 bits per heavy atom. The lowest BCUT2D eigenvalue weighted by Gasteiger charge is -2.38. The van der Waals surface area contributed by atoms with Crippen LogP contribution in [0.2, 0.25) is 0 Å². The minimum Gasteiger partial charge on any atom is -0.315 e. The van der Waals surface area contributed by atoms with Gasteiger partial charge in [-0.25, -0.2) is 0 Å². The van der Waals surface area contributed by atoms with Crippen molar-refractivity contribution in [2.45, 2.75) is 37.6 Å². The first-order valence-corrected chi connectivity index (χ1v) is 7.43. The van der Waals surface area contributed by atoms with Crippen molar-refractivity contribution < 1.29 is 0 Å². The van der Waals surface area contributed by atoms with Gasteiger partial charge in [0.05, 0.1) is 11.4 Å². The summed E-state index contributed by atoms with van der Waals surface area (Å²) in [7, 11) is 0. The van der Waals surface area contributed by atoms with Crippen LogP contribution in [-0.2, 0) is 5.54 Å². The Hall–Kier alpha value is -1.74. The van der Waals surface area contributed by atoms with Gasteiger partial charge in [-0.05, 0) is 43.0 Å². The SMILES string of the molecule is NC(c1ccccn1)(c1ccccn1)C1CCCCC1. The molecule has 1 aliphatic carbocycles. The summed E-state index contributed by atoms with van der Waals surface area (Å²) < 4.78 is 0. The molecule has 0 spiro atoms. The predicted molar refractivity (Wildman–Crippen MR) is 80.0 cm³/mol. The Kier molecular flexibility index (Phi) is 3.79. The summed E-state index contributed by atoms with van der Waals surface area (Å²) in [6.07, 6.45) is 9.78. The van der Waals surface area contributed by atoms with Crippen LogP contribution in [-0.4, -0.2) is 9.97 Å². The fourth-order valence-electron chi connectivity index (χ4n) is 3.32. The molecule has 0 aliphatic heterocycles. The van der Waals surface area contributed by atoms with Crippen molar-refractivity contribution in [2.24, 2.45) is 11.7 Å². The molecule has 2 aromatic rings. The van der Waals surface area contributed by atoms with Crippen molar-refractivity contribution in [3.05, 3.63) is 60.2 Å². The number of nitrogens with zero attached hydrogens (tertiary/aromatic N) is 2. The lowest BCUT2D eigenvalue weighted by atomic mass is 9.71. The summed E-state index contributed by atoms with van der Waals surface area (Å²) in [4.78, 5) is 9.07. The molecule has 0 unspecified atom stereocenters. The van der Waals surface area contributed by atoms with E-state index in [1.54, 1.807) is 0 Å². The van der Waals surface area contributed by atoms with E-state index in [-0.39, 0.29) is 0 Å². The molecule has 1 fully saturated rings. The van der Waals surface area contributed by atoms with Crippen molar-refractivity contribution in [1.29, 1.82) is 0 Å². The van der Waals surface area contributed by atoms with Gasteiger partial charge in [0.25, 0.3) is 0 Å². The predicted octanol–water partition coefficient (Wildman–Crippen LogP) is 3.26. The third kappa shape index (κ3) is 2.34. The fourth-order valence-corrected chi connectivity index (χ4v) is 3.32. The molecule has 3 rings (SSSR count). The number of pyridine rings is 2. The Morgan fingerprint density at radius 3 is 1.85 bits per heavy atom. The molecule has 0 aromatic carbocycles. The highest BCUT2D eigenvalue weighted by atomic mass is 14.9. The van der Waals surface area contributed by atoms with Crippen molar-refractivity contribution in [2.75, 3.05) is 0 Å². The Balaban J connectivity index is 2.07. The van der Waals surface area contributed by atoms with E-state index in [0.29, 0.717) is 5.92 Å². The van der Waals surface area contributed by atoms with Gasteiger partial charge < -0.3 is 5.73 Å². The molecular formula is C17H21N3. The highest BCUT2D eigenvalue weighted by molar-refractivity contribution is 5.30. The second kappa shape index (κ2) is 5.71. The molecule has 0 radical (unpaired) electrons. The summed E-state index contributed by atoms with van der Waals surface area (Å²) in [6, 6.07) is 11.9. The molecule has 1 aliphatic rings. The van der Waals surface area contributed by atoms with Crippen LogP contribution in [0.3, 0.4) is 0 Å². The zero-order valence-corrected chi connectivity index (χ0v) is 11.7. The summed E-state index contributed by atoms with van der Waals surface area (Å²) in [5, 5.41) is 0. The van der Waals surface area contributed by atoms with E-state index in [1.807, 2.05) is 48.8 Å². The zero-order chi connectivity index (χ0) is 13.8. The second-order valence-corrected chi connectivity index (χ2v) is 5.63. The molecule has 0 saturated heterocycles. The average molecular weight is 267 g/mol. The van der Waals surface area contributed by atoms with Crippen LogP contribution in [0.1, 0.15) is 43.5 Å². The molecule has 0 atom stereocenters. The van der Waals surface area contributed by atoms with Crippen LogP contribution in [0.5, 0.6) is 0 Å². The molecule has 2 heterocycles. The fraction of sp³-hybridized carbons (Fsp3) is 0.412. The molecule has 0 amide bonds. The maximum Gasteiger partial charge on any atom is 0.104 e. The minimum atomic E-state index is -0.567. The van der Waals surface area contributed by atoms with Crippen LogP contribution < -0.4 is 5.73 Å². The smallest absolute Gasteiger partial charge is 0.104 e. The maximum absolute atomic E-state index is 6.89. The van der Waals surface area contributed by atoms with Gasteiger partial charge in [0.15, 0.2) is 0 Å². The monoisotopic (exact) mass is 267 g/mol. The molecule has 20 heavy (non-hydrogen) atoms. The molecule has 2 aromatic heterocycles. The average Bonchev–Trinajstić information content (AvgIpc) is 2.56. The van der Waals surface area contributed by atoms with Crippen LogP contribution >= 0.6 is 0 Å². The topological polar surface area (TPSA) is 51.8 Å². The molecule has 2 N–H and O–H groups in total. The molecule has 0 bridgehead atoms. The van der Waals surface area contributed by atoms with Crippen molar-refractivity contribution in [1.82, 2.24) is 9.97 Å². The van der Waals surface area contributed by atoms with Gasteiger partial charge in [-0.1, -0.05) is 31.4 Å². The Labute approximate surface area is 120 Å². The van der Waals surface area contributed by atoms with E-state index >= 15 is 0 Å². The molecule has 3 nitrogen and oxygen atoms in total. The van der Waals surface area contributed by atoms with Crippen LogP contribution in [0, 0.1) is 5.92 Å². The van der Waals surface area contributed by atoms with Gasteiger partial charge in [0.2, 0.25) is 0 Å². The van der Waals surface area contributed by atoms with Crippen LogP contribution in [0.15, 0.2) is 48.8 Å². The van der Waals surface area contributed by atoms with Gasteiger partial charge >= 0.3 is 0 Å². The normalized spacial score (nSPS) is 17.1. The van der Waals surface area contributed by atoms with Crippen molar-refractivity contribution in [3.8, 4) is 0 Å². The first kappa shape index (κ1) is 13.3. The van der Waals surface area contributed by atoms with Gasteiger partial charge in [-0.2, -0.15) is 0 Å². The molecule has 3 heteroatoms. The first-order chi connectivity index (χ1) is 9.82. The van der Waals surface area contributed by atoms with Gasteiger partial charge in [0.1, 0.15) is 5.54 Å². The van der Waals surface area contributed by atoms with E-state index in [4.69, 9.17) is 5.73 Å². The Bertz CT molecular complexity index is 493. The number of aromatic nitrogens is 2. The first-order valence-electron chi connectivity index (χ1n) is 7.43. The van der Waals surface area contributed by atoms with Gasteiger partial charge in [-0.3, -0.25) is 9.97 Å². The standard InChI is InChI=1S/C17H21N3/c18-17(14-8-2-1-3-9-14,15-10-4-6-12-19-15)16-11-5-7-13-20-16/h4-7,10-14H,1-3,8-9,18H2. The number of hydrogen-bond acceptors (Lipinski definition) is 3. The van der Waals surface area contributed by atoms with E-state index < -0.39 is 5.54 Å². The van der Waals surface area contributed by atoms with Crippen molar-refractivity contribution >= 4 is 0 Å².